The molecule has 1 aromatic carbocycles. The number of non-ortho nitro benzene ring substituents is 1. The minimum atomic E-state index is -4.87. The van der Waals surface area contributed by atoms with Gasteiger partial charge in [0.1, 0.15) is 5.82 Å². The zero-order chi connectivity index (χ0) is 18.1. The van der Waals surface area contributed by atoms with Gasteiger partial charge in [0.25, 0.3) is 5.69 Å². The van der Waals surface area contributed by atoms with Crippen molar-refractivity contribution in [3.63, 3.8) is 0 Å². The standard InChI is InChI=1S/C13H11F3N4O4/c1-6(11-17-7(2)18-19-11)24-12(21)9-5-8(20(22)23)3-4-10(9)13(14,15)16/h3-6H,1-2H3,(H,17,18,19). The number of nitro benzene ring substituents is 1. The van der Waals surface area contributed by atoms with Crippen LogP contribution in [0.25, 0.3) is 0 Å². The van der Waals surface area contributed by atoms with E-state index in [-0.39, 0.29) is 5.82 Å². The second-order valence-corrected chi connectivity index (χ2v) is 4.81. The van der Waals surface area contributed by atoms with E-state index in [4.69, 9.17) is 4.74 Å². The van der Waals surface area contributed by atoms with Gasteiger partial charge in [-0.1, -0.05) is 0 Å². The Balaban J connectivity index is 2.36. The van der Waals surface area contributed by atoms with Gasteiger partial charge in [0.15, 0.2) is 11.9 Å². The van der Waals surface area contributed by atoms with Crippen molar-refractivity contribution >= 4 is 11.7 Å². The van der Waals surface area contributed by atoms with Gasteiger partial charge >= 0.3 is 12.1 Å². The molecule has 0 aliphatic rings. The summed E-state index contributed by atoms with van der Waals surface area (Å²) in [7, 11) is 0. The summed E-state index contributed by atoms with van der Waals surface area (Å²) in [6, 6.07) is 1.67. The maximum absolute atomic E-state index is 13.0. The van der Waals surface area contributed by atoms with E-state index in [9.17, 15) is 28.1 Å². The molecule has 128 valence electrons. The number of hydrogen-bond acceptors (Lipinski definition) is 6. The van der Waals surface area contributed by atoms with E-state index in [1.54, 1.807) is 6.92 Å². The highest BCUT2D eigenvalue weighted by Crippen LogP contribution is 2.34. The van der Waals surface area contributed by atoms with Crippen LogP contribution in [0.3, 0.4) is 0 Å². The molecule has 0 aliphatic carbocycles. The normalized spacial score (nSPS) is 12.7. The van der Waals surface area contributed by atoms with Gasteiger partial charge in [-0.15, -0.1) is 0 Å². The maximum Gasteiger partial charge on any atom is 0.417 e. The second kappa shape index (κ2) is 6.26. The van der Waals surface area contributed by atoms with Crippen LogP contribution in [0.15, 0.2) is 18.2 Å². The summed E-state index contributed by atoms with van der Waals surface area (Å²) in [5, 5.41) is 17.0. The lowest BCUT2D eigenvalue weighted by molar-refractivity contribution is -0.384. The number of aromatic nitrogens is 3. The van der Waals surface area contributed by atoms with E-state index < -0.39 is 40.0 Å². The largest absolute Gasteiger partial charge is 0.451 e. The summed E-state index contributed by atoms with van der Waals surface area (Å²) in [5.41, 5.74) is -2.93. The van der Waals surface area contributed by atoms with Crippen molar-refractivity contribution in [3.8, 4) is 0 Å². The Bertz CT molecular complexity index is 788. The van der Waals surface area contributed by atoms with Crippen molar-refractivity contribution in [2.75, 3.05) is 0 Å². The Kier molecular flexibility index (Phi) is 4.53. The molecule has 0 radical (unpaired) electrons. The molecule has 0 saturated heterocycles. The lowest BCUT2D eigenvalue weighted by Crippen LogP contribution is -2.17. The first-order chi connectivity index (χ1) is 11.1. The minimum absolute atomic E-state index is 0.0693. The fourth-order valence-electron chi connectivity index (χ4n) is 1.88. The highest BCUT2D eigenvalue weighted by Gasteiger charge is 2.37. The third-order valence-electron chi connectivity index (χ3n) is 3.00. The predicted molar refractivity (Wildman–Crippen MR) is 73.0 cm³/mol. The zero-order valence-electron chi connectivity index (χ0n) is 12.4. The third kappa shape index (κ3) is 3.67. The zero-order valence-corrected chi connectivity index (χ0v) is 12.4. The average Bonchev–Trinajstić information content (AvgIpc) is 2.92. The summed E-state index contributed by atoms with van der Waals surface area (Å²) in [6.45, 7) is 2.96. The Morgan fingerprint density at radius 3 is 2.58 bits per heavy atom. The Labute approximate surface area is 132 Å². The molecular weight excluding hydrogens is 333 g/mol. The molecule has 1 heterocycles. The molecule has 1 unspecified atom stereocenters. The summed E-state index contributed by atoms with van der Waals surface area (Å²) in [4.78, 5) is 25.8. The van der Waals surface area contributed by atoms with E-state index in [0.29, 0.717) is 24.0 Å². The monoisotopic (exact) mass is 344 g/mol. The van der Waals surface area contributed by atoms with Gasteiger partial charge in [0.05, 0.1) is 16.1 Å². The Morgan fingerprint density at radius 2 is 2.08 bits per heavy atom. The number of alkyl halides is 3. The number of esters is 1. The van der Waals surface area contributed by atoms with Gasteiger partial charge in [0.2, 0.25) is 0 Å². The van der Waals surface area contributed by atoms with Gasteiger partial charge < -0.3 is 4.74 Å². The molecule has 8 nitrogen and oxygen atoms in total. The topological polar surface area (TPSA) is 111 Å². The van der Waals surface area contributed by atoms with Gasteiger partial charge in [-0.25, -0.2) is 9.78 Å². The minimum Gasteiger partial charge on any atom is -0.451 e. The van der Waals surface area contributed by atoms with Crippen molar-refractivity contribution in [2.45, 2.75) is 26.1 Å². The smallest absolute Gasteiger partial charge is 0.417 e. The number of rotatable bonds is 4. The van der Waals surface area contributed by atoms with Crippen LogP contribution in [-0.2, 0) is 10.9 Å². The fourth-order valence-corrected chi connectivity index (χ4v) is 1.88. The summed E-state index contributed by atoms with van der Waals surface area (Å²) < 4.78 is 43.9. The van der Waals surface area contributed by atoms with E-state index in [2.05, 4.69) is 15.2 Å². The van der Waals surface area contributed by atoms with E-state index in [0.717, 1.165) is 0 Å². The summed E-state index contributed by atoms with van der Waals surface area (Å²) >= 11 is 0. The molecule has 0 saturated carbocycles. The fraction of sp³-hybridized carbons (Fsp3) is 0.308. The number of nitrogens with zero attached hydrogens (tertiary/aromatic N) is 3. The molecule has 0 bridgehead atoms. The number of aromatic amines is 1. The molecule has 1 aromatic heterocycles. The summed E-state index contributed by atoms with van der Waals surface area (Å²) in [6.07, 6.45) is -5.91. The number of hydrogen-bond donors (Lipinski definition) is 1. The molecule has 2 rings (SSSR count). The first kappa shape index (κ1) is 17.4. The SMILES string of the molecule is Cc1nc(C(C)OC(=O)c2cc([N+](=O)[O-])ccc2C(F)(F)F)n[nH]1. The number of carbonyl (C=O) groups excluding carboxylic acids is 1. The van der Waals surface area contributed by atoms with Gasteiger partial charge in [-0.3, -0.25) is 15.2 Å². The molecule has 0 aliphatic heterocycles. The first-order valence-corrected chi connectivity index (χ1v) is 6.55. The highest BCUT2D eigenvalue weighted by molar-refractivity contribution is 5.92. The quantitative estimate of drug-likeness (QED) is 0.518. The van der Waals surface area contributed by atoms with Gasteiger partial charge in [0, 0.05) is 12.1 Å². The second-order valence-electron chi connectivity index (χ2n) is 4.81. The molecule has 0 spiro atoms. The number of nitro groups is 1. The number of nitrogens with one attached hydrogen (secondary N) is 1. The van der Waals surface area contributed by atoms with Crippen molar-refractivity contribution in [2.24, 2.45) is 0 Å². The Hall–Kier alpha value is -2.98. The lowest BCUT2D eigenvalue weighted by Gasteiger charge is -2.14. The lowest BCUT2D eigenvalue weighted by atomic mass is 10.1. The van der Waals surface area contributed by atoms with Crippen LogP contribution in [0.5, 0.6) is 0 Å². The number of halogens is 3. The number of carbonyl (C=O) groups is 1. The third-order valence-corrected chi connectivity index (χ3v) is 3.00. The molecule has 1 atom stereocenters. The number of H-pyrrole nitrogens is 1. The molecule has 2 aromatic rings. The van der Waals surface area contributed by atoms with E-state index in [1.807, 2.05) is 0 Å². The number of ether oxygens (including phenoxy) is 1. The van der Waals surface area contributed by atoms with Crippen LogP contribution < -0.4 is 0 Å². The predicted octanol–water partition coefficient (Wildman–Crippen LogP) is 2.96. The van der Waals surface area contributed by atoms with Crippen molar-refractivity contribution in [1.29, 1.82) is 0 Å². The number of benzene rings is 1. The van der Waals surface area contributed by atoms with Gasteiger partial charge in [-0.2, -0.15) is 18.3 Å². The molecular formula is C13H11F3N4O4. The molecule has 11 heteroatoms. The summed E-state index contributed by atoms with van der Waals surface area (Å²) in [5.74, 6) is -0.861. The van der Waals surface area contributed by atoms with Crippen LogP contribution >= 0.6 is 0 Å². The van der Waals surface area contributed by atoms with Crippen molar-refractivity contribution < 1.29 is 27.6 Å². The van der Waals surface area contributed by atoms with Crippen LogP contribution in [0, 0.1) is 17.0 Å². The van der Waals surface area contributed by atoms with Crippen molar-refractivity contribution in [3.05, 3.63) is 51.1 Å². The van der Waals surface area contributed by atoms with E-state index >= 15 is 0 Å². The van der Waals surface area contributed by atoms with Gasteiger partial charge in [-0.05, 0) is 19.9 Å². The molecule has 0 fully saturated rings. The molecule has 1 N–H and O–H groups in total. The van der Waals surface area contributed by atoms with E-state index in [1.165, 1.54) is 6.92 Å². The van der Waals surface area contributed by atoms with Crippen LogP contribution in [-0.4, -0.2) is 26.1 Å². The molecule has 24 heavy (non-hydrogen) atoms. The van der Waals surface area contributed by atoms with Crippen LogP contribution in [0.1, 0.15) is 40.6 Å². The van der Waals surface area contributed by atoms with Crippen LogP contribution in [0.4, 0.5) is 18.9 Å². The highest BCUT2D eigenvalue weighted by atomic mass is 19.4. The van der Waals surface area contributed by atoms with Crippen molar-refractivity contribution in [1.82, 2.24) is 15.2 Å². The average molecular weight is 344 g/mol. The Morgan fingerprint density at radius 1 is 1.42 bits per heavy atom. The first-order valence-electron chi connectivity index (χ1n) is 6.55. The maximum atomic E-state index is 13.0. The number of aryl methyl sites for hydroxylation is 1. The van der Waals surface area contributed by atoms with Crippen LogP contribution in [0.2, 0.25) is 0 Å². The molecule has 0 amide bonds.